The topological polar surface area (TPSA) is 58.2 Å². The van der Waals surface area contributed by atoms with Crippen LogP contribution >= 0.6 is 0 Å². The molecule has 0 saturated carbocycles. The van der Waals surface area contributed by atoms with Crippen LogP contribution in [0.1, 0.15) is 33.3 Å². The molecule has 4 heteroatoms. The van der Waals surface area contributed by atoms with E-state index in [0.717, 1.165) is 5.56 Å². The van der Waals surface area contributed by atoms with Gasteiger partial charge in [-0.1, -0.05) is 64.1 Å². The molecule has 0 fully saturated rings. The van der Waals surface area contributed by atoms with Crippen LogP contribution in [0.4, 0.5) is 0 Å². The summed E-state index contributed by atoms with van der Waals surface area (Å²) in [6.45, 7) is 7.27. The van der Waals surface area contributed by atoms with Gasteiger partial charge in [-0.05, 0) is 11.6 Å². The van der Waals surface area contributed by atoms with Gasteiger partial charge in [-0.3, -0.25) is 9.59 Å². The molecular weight excluding hydrogens is 264 g/mol. The Kier molecular flexibility index (Phi) is 6.66. The van der Waals surface area contributed by atoms with Gasteiger partial charge in [-0.2, -0.15) is 0 Å². The smallest absolute Gasteiger partial charge is 0.224 e. The number of benzene rings is 1. The van der Waals surface area contributed by atoms with E-state index in [1.807, 2.05) is 64.1 Å². The number of amides is 2. The molecule has 1 aromatic rings. The predicted molar refractivity (Wildman–Crippen MR) is 85.2 cm³/mol. The minimum absolute atomic E-state index is 0.0956. The van der Waals surface area contributed by atoms with E-state index in [9.17, 15) is 9.59 Å². The van der Waals surface area contributed by atoms with Crippen LogP contribution in [0.15, 0.2) is 36.4 Å². The highest BCUT2D eigenvalue weighted by molar-refractivity contribution is 5.81. The minimum Gasteiger partial charge on any atom is -0.332 e. The largest absolute Gasteiger partial charge is 0.332 e. The van der Waals surface area contributed by atoms with E-state index in [-0.39, 0.29) is 23.7 Å². The van der Waals surface area contributed by atoms with Crippen LogP contribution in [0.5, 0.6) is 0 Å². The summed E-state index contributed by atoms with van der Waals surface area (Å²) in [7, 11) is 0. The second-order valence-corrected chi connectivity index (χ2v) is 5.57. The Morgan fingerprint density at radius 2 is 1.38 bits per heavy atom. The van der Waals surface area contributed by atoms with Gasteiger partial charge >= 0.3 is 0 Å². The first kappa shape index (κ1) is 17.0. The summed E-state index contributed by atoms with van der Waals surface area (Å²) < 4.78 is 0. The highest BCUT2D eigenvalue weighted by Crippen LogP contribution is 2.03. The van der Waals surface area contributed by atoms with Crippen LogP contribution in [-0.4, -0.2) is 18.0 Å². The van der Waals surface area contributed by atoms with Crippen LogP contribution in [0.25, 0.3) is 6.08 Å². The molecule has 0 heterocycles. The van der Waals surface area contributed by atoms with Gasteiger partial charge < -0.3 is 10.6 Å². The molecule has 1 rings (SSSR count). The van der Waals surface area contributed by atoms with Gasteiger partial charge in [0.15, 0.2) is 0 Å². The van der Waals surface area contributed by atoms with E-state index in [1.54, 1.807) is 6.08 Å². The Morgan fingerprint density at radius 3 is 1.81 bits per heavy atom. The highest BCUT2D eigenvalue weighted by Gasteiger charge is 2.16. The Balaban J connectivity index is 2.78. The number of rotatable bonds is 6. The molecule has 2 N–H and O–H groups in total. The van der Waals surface area contributed by atoms with Gasteiger partial charge in [-0.15, -0.1) is 0 Å². The Labute approximate surface area is 126 Å². The van der Waals surface area contributed by atoms with Gasteiger partial charge in [0.25, 0.3) is 0 Å². The van der Waals surface area contributed by atoms with Crippen molar-refractivity contribution in [1.82, 2.24) is 10.6 Å². The van der Waals surface area contributed by atoms with E-state index in [0.29, 0.717) is 0 Å². The average Bonchev–Trinajstić information content (AvgIpc) is 2.45. The molecule has 0 saturated heterocycles. The Bertz CT molecular complexity index is 471. The number of carbonyl (C=O) groups excluding carboxylic acids is 2. The third-order valence-electron chi connectivity index (χ3n) is 2.92. The van der Waals surface area contributed by atoms with E-state index >= 15 is 0 Å². The summed E-state index contributed by atoms with van der Waals surface area (Å²) in [5.41, 5.74) is 1.01. The molecular formula is C17H24N2O2. The molecule has 21 heavy (non-hydrogen) atoms. The lowest BCUT2D eigenvalue weighted by molar-refractivity contribution is -0.126. The second kappa shape index (κ2) is 8.25. The Hall–Kier alpha value is -2.10. The van der Waals surface area contributed by atoms with Gasteiger partial charge in [0.2, 0.25) is 11.8 Å². The molecule has 0 aromatic heterocycles. The van der Waals surface area contributed by atoms with E-state index in [2.05, 4.69) is 10.6 Å². The van der Waals surface area contributed by atoms with Crippen molar-refractivity contribution in [1.29, 1.82) is 0 Å². The number of nitrogens with one attached hydrogen (secondary N) is 2. The first-order chi connectivity index (χ1) is 9.90. The van der Waals surface area contributed by atoms with E-state index in [1.165, 1.54) is 0 Å². The van der Waals surface area contributed by atoms with Gasteiger partial charge in [0.05, 0.1) is 0 Å². The number of hydrogen-bond donors (Lipinski definition) is 2. The molecule has 1 aromatic carbocycles. The third kappa shape index (κ3) is 6.25. The van der Waals surface area contributed by atoms with Crippen LogP contribution in [0.3, 0.4) is 0 Å². The fraction of sp³-hybridized carbons (Fsp3) is 0.412. The number of hydrogen-bond acceptors (Lipinski definition) is 2. The van der Waals surface area contributed by atoms with Crippen molar-refractivity contribution in [3.05, 3.63) is 42.0 Å². The first-order valence-electron chi connectivity index (χ1n) is 7.24. The predicted octanol–water partition coefficient (Wildman–Crippen LogP) is 2.57. The van der Waals surface area contributed by atoms with Crippen LogP contribution in [0.2, 0.25) is 0 Å². The SMILES string of the molecule is CC(C)C(=O)NC(/C=C/c1ccccc1)NC(=O)C(C)C. The Morgan fingerprint density at radius 1 is 0.905 bits per heavy atom. The van der Waals surface area contributed by atoms with Crippen molar-refractivity contribution < 1.29 is 9.59 Å². The molecule has 0 radical (unpaired) electrons. The zero-order chi connectivity index (χ0) is 15.8. The summed E-state index contributed by atoms with van der Waals surface area (Å²) in [4.78, 5) is 23.6. The van der Waals surface area contributed by atoms with Crippen LogP contribution in [-0.2, 0) is 9.59 Å². The van der Waals surface area contributed by atoms with Crippen molar-refractivity contribution in [2.75, 3.05) is 0 Å². The quantitative estimate of drug-likeness (QED) is 0.790. The summed E-state index contributed by atoms with van der Waals surface area (Å²) in [6, 6.07) is 9.74. The molecule has 0 aliphatic heterocycles. The maximum Gasteiger partial charge on any atom is 0.224 e. The molecule has 2 amide bonds. The highest BCUT2D eigenvalue weighted by atomic mass is 16.2. The molecule has 0 spiro atoms. The molecule has 0 aliphatic rings. The zero-order valence-electron chi connectivity index (χ0n) is 13.1. The van der Waals surface area contributed by atoms with E-state index in [4.69, 9.17) is 0 Å². The van der Waals surface area contributed by atoms with Crippen molar-refractivity contribution in [3.63, 3.8) is 0 Å². The summed E-state index contributed by atoms with van der Waals surface area (Å²) in [5, 5.41) is 5.63. The number of carbonyl (C=O) groups is 2. The normalized spacial score (nSPS) is 11.4. The van der Waals surface area contributed by atoms with Crippen molar-refractivity contribution in [2.45, 2.75) is 33.9 Å². The maximum absolute atomic E-state index is 11.8. The molecule has 0 bridgehead atoms. The fourth-order valence-corrected chi connectivity index (χ4v) is 1.54. The molecule has 0 aliphatic carbocycles. The van der Waals surface area contributed by atoms with Crippen LogP contribution in [0, 0.1) is 11.8 Å². The molecule has 0 unspecified atom stereocenters. The van der Waals surface area contributed by atoms with Crippen molar-refractivity contribution in [3.8, 4) is 0 Å². The maximum atomic E-state index is 11.8. The zero-order valence-corrected chi connectivity index (χ0v) is 13.1. The van der Waals surface area contributed by atoms with Gasteiger partial charge in [0.1, 0.15) is 6.17 Å². The lowest BCUT2D eigenvalue weighted by atomic mass is 10.1. The summed E-state index contributed by atoms with van der Waals surface area (Å²) in [5.74, 6) is -0.453. The van der Waals surface area contributed by atoms with Gasteiger partial charge in [-0.25, -0.2) is 0 Å². The van der Waals surface area contributed by atoms with Gasteiger partial charge in [0, 0.05) is 11.8 Å². The molecule has 4 nitrogen and oxygen atoms in total. The summed E-state index contributed by atoms with van der Waals surface area (Å²) in [6.07, 6.45) is 3.16. The van der Waals surface area contributed by atoms with Crippen LogP contribution < -0.4 is 10.6 Å². The van der Waals surface area contributed by atoms with Crippen molar-refractivity contribution in [2.24, 2.45) is 11.8 Å². The second-order valence-electron chi connectivity index (χ2n) is 5.57. The third-order valence-corrected chi connectivity index (χ3v) is 2.92. The van der Waals surface area contributed by atoms with Crippen molar-refractivity contribution >= 4 is 17.9 Å². The molecule has 114 valence electrons. The fourth-order valence-electron chi connectivity index (χ4n) is 1.54. The lowest BCUT2D eigenvalue weighted by Gasteiger charge is -2.19. The monoisotopic (exact) mass is 288 g/mol. The first-order valence-corrected chi connectivity index (χ1v) is 7.24. The standard InChI is InChI=1S/C17H24N2O2/c1-12(2)16(20)18-15(19-17(21)13(3)4)11-10-14-8-6-5-7-9-14/h5-13,15H,1-4H3,(H,18,20)(H,19,21)/b11-10+. The summed E-state index contributed by atoms with van der Waals surface area (Å²) >= 11 is 0. The average molecular weight is 288 g/mol. The minimum atomic E-state index is -0.505. The molecule has 0 atom stereocenters. The lowest BCUT2D eigenvalue weighted by Crippen LogP contribution is -2.49. The van der Waals surface area contributed by atoms with E-state index < -0.39 is 6.17 Å².